The van der Waals surface area contributed by atoms with E-state index in [-0.39, 0.29) is 11.7 Å². The molecule has 2 saturated heterocycles. The number of methoxy groups -OCH3 is 1. The zero-order valence-electron chi connectivity index (χ0n) is 12.3. The van der Waals surface area contributed by atoms with Crippen LogP contribution >= 0.6 is 0 Å². The minimum absolute atomic E-state index is 0.0792. The second-order valence-electron chi connectivity index (χ2n) is 5.90. The number of hydrogen-bond donors (Lipinski definition) is 1. The molecule has 1 aromatic carbocycles. The van der Waals surface area contributed by atoms with Crippen LogP contribution in [-0.4, -0.2) is 44.1 Å². The highest BCUT2D eigenvalue weighted by Crippen LogP contribution is 2.28. The summed E-state index contributed by atoms with van der Waals surface area (Å²) >= 11 is 0. The first-order chi connectivity index (χ1) is 10.2. The van der Waals surface area contributed by atoms with Gasteiger partial charge in [-0.05, 0) is 56.0 Å². The molecule has 0 aliphatic carbocycles. The predicted octanol–water partition coefficient (Wildman–Crippen LogP) is 1.91. The van der Waals surface area contributed by atoms with Gasteiger partial charge in [0.25, 0.3) is 5.91 Å². The highest BCUT2D eigenvalue weighted by atomic mass is 19.1. The van der Waals surface area contributed by atoms with Gasteiger partial charge >= 0.3 is 0 Å². The third kappa shape index (κ3) is 2.88. The smallest absolute Gasteiger partial charge is 0.253 e. The van der Waals surface area contributed by atoms with Crippen molar-refractivity contribution in [3.05, 3.63) is 29.6 Å². The molecule has 0 spiro atoms. The first-order valence-electron chi connectivity index (χ1n) is 7.52. The van der Waals surface area contributed by atoms with Crippen molar-refractivity contribution in [2.75, 3.05) is 33.3 Å². The third-order valence-corrected chi connectivity index (χ3v) is 4.71. The number of likely N-dealkylation sites (tertiary alicyclic amines) is 1. The Kier molecular flexibility index (Phi) is 4.10. The van der Waals surface area contributed by atoms with Gasteiger partial charge in [0.1, 0.15) is 0 Å². The average molecular weight is 292 g/mol. The Morgan fingerprint density at radius 3 is 2.52 bits per heavy atom. The lowest BCUT2D eigenvalue weighted by molar-refractivity contribution is 0.0758. The van der Waals surface area contributed by atoms with E-state index in [0.29, 0.717) is 17.4 Å². The molecule has 2 fully saturated rings. The van der Waals surface area contributed by atoms with Crippen molar-refractivity contribution in [1.29, 1.82) is 0 Å². The Labute approximate surface area is 124 Å². The largest absolute Gasteiger partial charge is 0.494 e. The first-order valence-corrected chi connectivity index (χ1v) is 7.52. The van der Waals surface area contributed by atoms with Crippen LogP contribution in [0.3, 0.4) is 0 Å². The molecule has 114 valence electrons. The van der Waals surface area contributed by atoms with Crippen molar-refractivity contribution < 1.29 is 13.9 Å². The Morgan fingerprint density at radius 1 is 1.29 bits per heavy atom. The number of nitrogens with zero attached hydrogens (tertiary/aromatic N) is 1. The van der Waals surface area contributed by atoms with E-state index in [4.69, 9.17) is 4.74 Å². The molecule has 0 saturated carbocycles. The quantitative estimate of drug-likeness (QED) is 0.905. The van der Waals surface area contributed by atoms with Crippen LogP contribution in [-0.2, 0) is 0 Å². The summed E-state index contributed by atoms with van der Waals surface area (Å²) in [6, 6.07) is 4.42. The normalized spacial score (nSPS) is 25.3. The molecule has 2 aliphatic heterocycles. The van der Waals surface area contributed by atoms with Gasteiger partial charge < -0.3 is 15.0 Å². The van der Waals surface area contributed by atoms with Crippen LogP contribution in [0.15, 0.2) is 18.2 Å². The molecule has 1 amide bonds. The van der Waals surface area contributed by atoms with Gasteiger partial charge in [-0.2, -0.15) is 0 Å². The van der Waals surface area contributed by atoms with Crippen LogP contribution in [0, 0.1) is 17.7 Å². The predicted molar refractivity (Wildman–Crippen MR) is 77.9 cm³/mol. The van der Waals surface area contributed by atoms with Gasteiger partial charge in [0.05, 0.1) is 7.11 Å². The maximum atomic E-state index is 13.7. The van der Waals surface area contributed by atoms with Crippen molar-refractivity contribution in [3.8, 4) is 5.75 Å². The molecule has 3 rings (SSSR count). The molecule has 0 unspecified atom stereocenters. The monoisotopic (exact) mass is 292 g/mol. The van der Waals surface area contributed by atoms with Crippen LogP contribution in [0.2, 0.25) is 0 Å². The van der Waals surface area contributed by atoms with Crippen LogP contribution < -0.4 is 10.1 Å². The molecule has 0 bridgehead atoms. The van der Waals surface area contributed by atoms with Gasteiger partial charge in [0, 0.05) is 18.7 Å². The van der Waals surface area contributed by atoms with E-state index in [2.05, 4.69) is 5.32 Å². The zero-order valence-corrected chi connectivity index (χ0v) is 12.3. The summed E-state index contributed by atoms with van der Waals surface area (Å²) in [5.41, 5.74) is 0.401. The molecule has 4 nitrogen and oxygen atoms in total. The minimum Gasteiger partial charge on any atom is -0.494 e. The van der Waals surface area contributed by atoms with E-state index < -0.39 is 5.82 Å². The molecule has 2 atom stereocenters. The summed E-state index contributed by atoms with van der Waals surface area (Å²) < 4.78 is 18.6. The van der Waals surface area contributed by atoms with Gasteiger partial charge in [-0.1, -0.05) is 0 Å². The van der Waals surface area contributed by atoms with Crippen molar-refractivity contribution in [2.24, 2.45) is 11.8 Å². The molecule has 2 heterocycles. The lowest BCUT2D eigenvalue weighted by atomic mass is 9.92. The fourth-order valence-electron chi connectivity index (χ4n) is 3.40. The maximum absolute atomic E-state index is 13.7. The summed E-state index contributed by atoms with van der Waals surface area (Å²) in [6.45, 7) is 3.64. The minimum atomic E-state index is -0.487. The standard InChI is InChI=1S/C16H21FN2O2/c1-21-15-3-2-11(8-14(15)17)16(20)19-6-4-12-9-18-10-13(12)5-7-19/h2-3,8,12-13,18H,4-7,9-10H2,1H3/t12-,13+. The molecule has 0 radical (unpaired) electrons. The number of amides is 1. The van der Waals surface area contributed by atoms with E-state index in [1.54, 1.807) is 6.07 Å². The number of rotatable bonds is 2. The SMILES string of the molecule is COc1ccc(C(=O)N2CC[C@@H]3CNC[C@@H]3CC2)cc1F. The lowest BCUT2D eigenvalue weighted by Gasteiger charge is -2.21. The van der Waals surface area contributed by atoms with Crippen LogP contribution in [0.1, 0.15) is 23.2 Å². The van der Waals surface area contributed by atoms with Gasteiger partial charge in [-0.25, -0.2) is 4.39 Å². The van der Waals surface area contributed by atoms with Gasteiger partial charge in [-0.3, -0.25) is 4.79 Å². The van der Waals surface area contributed by atoms with Crippen molar-refractivity contribution >= 4 is 5.91 Å². The fraction of sp³-hybridized carbons (Fsp3) is 0.562. The van der Waals surface area contributed by atoms with Crippen LogP contribution in [0.25, 0.3) is 0 Å². The third-order valence-electron chi connectivity index (χ3n) is 4.71. The highest BCUT2D eigenvalue weighted by Gasteiger charge is 2.31. The van der Waals surface area contributed by atoms with E-state index in [0.717, 1.165) is 39.0 Å². The Bertz CT molecular complexity index is 521. The molecule has 1 N–H and O–H groups in total. The maximum Gasteiger partial charge on any atom is 0.253 e. The highest BCUT2D eigenvalue weighted by molar-refractivity contribution is 5.94. The number of halogens is 1. The number of benzene rings is 1. The summed E-state index contributed by atoms with van der Waals surface area (Å²) in [6.07, 6.45) is 2.06. The molecule has 21 heavy (non-hydrogen) atoms. The van der Waals surface area contributed by atoms with Gasteiger partial charge in [0.2, 0.25) is 0 Å². The number of carbonyl (C=O) groups is 1. The molecule has 0 aromatic heterocycles. The van der Waals surface area contributed by atoms with E-state index in [1.165, 1.54) is 19.2 Å². The Morgan fingerprint density at radius 2 is 1.95 bits per heavy atom. The Balaban J connectivity index is 1.71. The van der Waals surface area contributed by atoms with E-state index >= 15 is 0 Å². The number of nitrogens with one attached hydrogen (secondary N) is 1. The van der Waals surface area contributed by atoms with Gasteiger partial charge in [-0.15, -0.1) is 0 Å². The van der Waals surface area contributed by atoms with Gasteiger partial charge in [0.15, 0.2) is 11.6 Å². The number of carbonyl (C=O) groups excluding carboxylic acids is 1. The number of fused-ring (bicyclic) bond motifs is 1. The van der Waals surface area contributed by atoms with Crippen molar-refractivity contribution in [1.82, 2.24) is 10.2 Å². The number of hydrogen-bond acceptors (Lipinski definition) is 3. The Hall–Kier alpha value is -1.62. The van der Waals surface area contributed by atoms with Crippen molar-refractivity contribution in [3.63, 3.8) is 0 Å². The molecule has 5 heteroatoms. The number of ether oxygens (including phenoxy) is 1. The molecule has 1 aromatic rings. The second kappa shape index (κ2) is 6.02. The van der Waals surface area contributed by atoms with E-state index in [9.17, 15) is 9.18 Å². The second-order valence-corrected chi connectivity index (χ2v) is 5.90. The topological polar surface area (TPSA) is 41.6 Å². The van der Waals surface area contributed by atoms with Crippen LogP contribution in [0.4, 0.5) is 4.39 Å². The average Bonchev–Trinajstić information content (AvgIpc) is 2.85. The zero-order chi connectivity index (χ0) is 14.8. The summed E-state index contributed by atoms with van der Waals surface area (Å²) in [5, 5.41) is 3.42. The lowest BCUT2D eigenvalue weighted by Crippen LogP contribution is -2.32. The van der Waals surface area contributed by atoms with Crippen LogP contribution in [0.5, 0.6) is 5.75 Å². The summed E-state index contributed by atoms with van der Waals surface area (Å²) in [4.78, 5) is 14.4. The van der Waals surface area contributed by atoms with Crippen molar-refractivity contribution in [2.45, 2.75) is 12.8 Å². The fourth-order valence-corrected chi connectivity index (χ4v) is 3.40. The summed E-state index contributed by atoms with van der Waals surface area (Å²) in [7, 11) is 1.42. The first kappa shape index (κ1) is 14.3. The molecule has 2 aliphatic rings. The molecular weight excluding hydrogens is 271 g/mol. The van der Waals surface area contributed by atoms with E-state index in [1.807, 2.05) is 4.90 Å². The molecular formula is C16H21FN2O2. The summed E-state index contributed by atoms with van der Waals surface area (Å²) in [5.74, 6) is 0.956.